The van der Waals surface area contributed by atoms with Crippen molar-refractivity contribution in [3.05, 3.63) is 93.0 Å². The second kappa shape index (κ2) is 9.77. The average molecular weight is 545 g/mol. The predicted molar refractivity (Wildman–Crippen MR) is 136 cm³/mol. The van der Waals surface area contributed by atoms with Crippen molar-refractivity contribution >= 4 is 62.9 Å². The van der Waals surface area contributed by atoms with Crippen molar-refractivity contribution in [3.63, 3.8) is 0 Å². The number of hydrogen-bond donors (Lipinski definition) is 1. The molecule has 0 aliphatic carbocycles. The summed E-state index contributed by atoms with van der Waals surface area (Å²) in [6.07, 6.45) is 1.11. The number of carbonyl (C=O) groups is 3. The number of anilines is 1. The summed E-state index contributed by atoms with van der Waals surface area (Å²) in [5.41, 5.74) is 1.34. The minimum Gasteiger partial charge on any atom is -0.378 e. The number of imide groups is 2. The van der Waals surface area contributed by atoms with Crippen molar-refractivity contribution in [2.24, 2.45) is 0 Å². The Morgan fingerprint density at radius 1 is 0.917 bits per heavy atom. The maximum absolute atomic E-state index is 13.2. The molecule has 8 nitrogen and oxygen atoms in total. The van der Waals surface area contributed by atoms with E-state index >= 15 is 0 Å². The van der Waals surface area contributed by atoms with Crippen LogP contribution in [0.1, 0.15) is 16.7 Å². The smallest absolute Gasteiger partial charge is 0.339 e. The van der Waals surface area contributed by atoms with Gasteiger partial charge in [0, 0.05) is 15.6 Å². The zero-order chi connectivity index (χ0) is 26.2. The number of barbiturate groups is 1. The predicted octanol–water partition coefficient (Wildman–Crippen LogP) is 5.04. The van der Waals surface area contributed by atoms with E-state index in [2.05, 4.69) is 5.32 Å². The molecular weight excluding hydrogens is 527 g/mol. The monoisotopic (exact) mass is 544 g/mol. The van der Waals surface area contributed by atoms with Crippen molar-refractivity contribution in [1.82, 2.24) is 5.32 Å². The summed E-state index contributed by atoms with van der Waals surface area (Å²) in [6.45, 7) is 3.57. The lowest BCUT2D eigenvalue weighted by atomic mass is 10.1. The third kappa shape index (κ3) is 5.13. The summed E-state index contributed by atoms with van der Waals surface area (Å²) in [5, 5.41) is 2.62. The van der Waals surface area contributed by atoms with Gasteiger partial charge in [0.1, 0.15) is 16.2 Å². The third-order valence-corrected chi connectivity index (χ3v) is 7.19. The number of amides is 4. The van der Waals surface area contributed by atoms with Crippen LogP contribution in [0.4, 0.5) is 10.5 Å². The molecule has 0 saturated carbocycles. The Morgan fingerprint density at radius 2 is 1.61 bits per heavy atom. The highest BCUT2D eigenvalue weighted by molar-refractivity contribution is 7.87. The van der Waals surface area contributed by atoms with Crippen molar-refractivity contribution in [2.75, 3.05) is 4.90 Å². The van der Waals surface area contributed by atoms with Gasteiger partial charge in [0.25, 0.3) is 11.8 Å². The molecule has 4 amide bonds. The number of rotatable bonds is 5. The molecule has 0 unspecified atom stereocenters. The van der Waals surface area contributed by atoms with Gasteiger partial charge in [-0.2, -0.15) is 8.42 Å². The van der Waals surface area contributed by atoms with Gasteiger partial charge in [-0.25, -0.2) is 9.69 Å². The molecule has 11 heteroatoms. The molecule has 1 heterocycles. The van der Waals surface area contributed by atoms with Crippen LogP contribution in [0.5, 0.6) is 5.75 Å². The zero-order valence-electron chi connectivity index (χ0n) is 18.9. The lowest BCUT2D eigenvalue weighted by molar-refractivity contribution is -0.122. The molecule has 0 atom stereocenters. The maximum Gasteiger partial charge on any atom is 0.339 e. The topological polar surface area (TPSA) is 110 Å². The van der Waals surface area contributed by atoms with E-state index in [0.29, 0.717) is 5.02 Å². The van der Waals surface area contributed by atoms with E-state index in [9.17, 15) is 22.8 Å². The quantitative estimate of drug-likeness (QED) is 0.273. The standard InChI is InChI=1S/C25H18Cl2N2O6S/c1-14-3-8-19(9-4-14)36(33,34)35-22-10-6-17(26)11-16(22)12-20-23(30)28-25(32)29(24(20)31)18-7-5-15(2)21(27)13-18/h3-13H,1-2H3,(H,28,30,32)/b20-12+. The largest absolute Gasteiger partial charge is 0.378 e. The number of halogens is 2. The first-order chi connectivity index (χ1) is 17.0. The van der Waals surface area contributed by atoms with Gasteiger partial charge in [0.05, 0.1) is 5.69 Å². The Balaban J connectivity index is 1.75. The second-order valence-electron chi connectivity index (χ2n) is 7.92. The van der Waals surface area contributed by atoms with Gasteiger partial charge in [0.2, 0.25) is 0 Å². The molecule has 0 radical (unpaired) electrons. The summed E-state index contributed by atoms with van der Waals surface area (Å²) in [4.78, 5) is 39.0. The van der Waals surface area contributed by atoms with Crippen molar-refractivity contribution < 1.29 is 27.0 Å². The molecule has 0 spiro atoms. The SMILES string of the molecule is Cc1ccc(S(=O)(=O)Oc2ccc(Cl)cc2/C=C2\C(=O)NC(=O)N(c3ccc(C)c(Cl)c3)C2=O)cc1. The van der Waals surface area contributed by atoms with E-state index < -0.39 is 33.5 Å². The number of carbonyl (C=O) groups excluding carboxylic acids is 3. The number of nitrogens with zero attached hydrogens (tertiary/aromatic N) is 1. The van der Waals surface area contributed by atoms with Crippen LogP contribution in [0.25, 0.3) is 6.08 Å². The maximum atomic E-state index is 13.2. The van der Waals surface area contributed by atoms with Crippen LogP contribution < -0.4 is 14.4 Å². The fourth-order valence-corrected chi connectivity index (χ4v) is 4.66. The Labute approximate surface area is 217 Å². The molecular formula is C25H18Cl2N2O6S. The lowest BCUT2D eigenvalue weighted by Gasteiger charge is -2.26. The van der Waals surface area contributed by atoms with Crippen LogP contribution in [0.15, 0.2) is 71.1 Å². The average Bonchev–Trinajstić information content (AvgIpc) is 2.80. The molecule has 1 aliphatic heterocycles. The van der Waals surface area contributed by atoms with E-state index in [0.717, 1.165) is 22.1 Å². The van der Waals surface area contributed by atoms with E-state index in [1.54, 1.807) is 25.1 Å². The number of hydrogen-bond acceptors (Lipinski definition) is 6. The molecule has 3 aromatic rings. The lowest BCUT2D eigenvalue weighted by Crippen LogP contribution is -2.54. The second-order valence-corrected chi connectivity index (χ2v) is 10.3. The first-order valence-electron chi connectivity index (χ1n) is 10.4. The number of benzene rings is 3. The van der Waals surface area contributed by atoms with E-state index in [4.69, 9.17) is 27.4 Å². The van der Waals surface area contributed by atoms with Crippen LogP contribution in [-0.2, 0) is 19.7 Å². The minimum atomic E-state index is -4.24. The molecule has 0 bridgehead atoms. The van der Waals surface area contributed by atoms with Crippen LogP contribution in [0.3, 0.4) is 0 Å². The molecule has 1 N–H and O–H groups in total. The van der Waals surface area contributed by atoms with Crippen molar-refractivity contribution in [2.45, 2.75) is 18.7 Å². The normalized spacial score (nSPS) is 15.3. The van der Waals surface area contributed by atoms with Gasteiger partial charge in [-0.3, -0.25) is 14.9 Å². The fourth-order valence-electron chi connectivity index (χ4n) is 3.35. The Kier molecular flexibility index (Phi) is 6.90. The van der Waals surface area contributed by atoms with Crippen LogP contribution in [0, 0.1) is 13.8 Å². The summed E-state index contributed by atoms with van der Waals surface area (Å²) in [5.74, 6) is -2.07. The molecule has 1 saturated heterocycles. The van der Waals surface area contributed by atoms with Crippen LogP contribution in [-0.4, -0.2) is 26.3 Å². The van der Waals surface area contributed by atoms with Gasteiger partial charge in [-0.15, -0.1) is 0 Å². The first-order valence-corrected chi connectivity index (χ1v) is 12.6. The zero-order valence-corrected chi connectivity index (χ0v) is 21.2. The Morgan fingerprint density at radius 3 is 2.28 bits per heavy atom. The van der Waals surface area contributed by atoms with E-state index in [-0.39, 0.29) is 26.9 Å². The summed E-state index contributed by atoms with van der Waals surface area (Å²) in [6, 6.07) is 13.7. The summed E-state index contributed by atoms with van der Waals surface area (Å²) in [7, 11) is -4.24. The van der Waals surface area contributed by atoms with Crippen LogP contribution >= 0.6 is 23.2 Å². The number of aryl methyl sites for hydroxylation is 2. The highest BCUT2D eigenvalue weighted by Gasteiger charge is 2.37. The van der Waals surface area contributed by atoms with Crippen molar-refractivity contribution in [1.29, 1.82) is 0 Å². The van der Waals surface area contributed by atoms with Gasteiger partial charge in [-0.05, 0) is 68.0 Å². The Bertz CT molecular complexity index is 1550. The molecule has 1 fully saturated rings. The number of urea groups is 1. The minimum absolute atomic E-state index is 0.0351. The number of nitrogens with one attached hydrogen (secondary N) is 1. The molecule has 36 heavy (non-hydrogen) atoms. The summed E-state index contributed by atoms with van der Waals surface area (Å²) < 4.78 is 31.0. The Hall–Kier alpha value is -3.66. The highest BCUT2D eigenvalue weighted by atomic mass is 35.5. The fraction of sp³-hybridized carbons (Fsp3) is 0.0800. The molecule has 4 rings (SSSR count). The van der Waals surface area contributed by atoms with Gasteiger partial charge < -0.3 is 4.18 Å². The van der Waals surface area contributed by atoms with Crippen LogP contribution in [0.2, 0.25) is 10.0 Å². The first kappa shape index (κ1) is 25.4. The molecule has 1 aliphatic rings. The van der Waals surface area contributed by atoms with E-state index in [1.165, 1.54) is 42.5 Å². The third-order valence-electron chi connectivity index (χ3n) is 5.30. The summed E-state index contributed by atoms with van der Waals surface area (Å²) >= 11 is 12.2. The van der Waals surface area contributed by atoms with Gasteiger partial charge in [0.15, 0.2) is 0 Å². The molecule has 0 aromatic heterocycles. The highest BCUT2D eigenvalue weighted by Crippen LogP contribution is 2.31. The van der Waals surface area contributed by atoms with Gasteiger partial charge in [-0.1, -0.05) is 47.0 Å². The van der Waals surface area contributed by atoms with Gasteiger partial charge >= 0.3 is 16.1 Å². The van der Waals surface area contributed by atoms with Crippen molar-refractivity contribution in [3.8, 4) is 5.75 Å². The molecule has 3 aromatic carbocycles. The van der Waals surface area contributed by atoms with E-state index in [1.807, 2.05) is 6.92 Å². The molecule has 184 valence electrons.